The van der Waals surface area contributed by atoms with Crippen LogP contribution in [0, 0.1) is 5.82 Å². The zero-order valence-corrected chi connectivity index (χ0v) is 12.2. The molecule has 0 atom stereocenters. The zero-order chi connectivity index (χ0) is 15.0. The summed E-state index contributed by atoms with van der Waals surface area (Å²) in [6.07, 6.45) is 2.56. The Labute approximate surface area is 126 Å². The fourth-order valence-corrected chi connectivity index (χ4v) is 2.77. The number of halogens is 2. The molecule has 0 radical (unpaired) electrons. The van der Waals surface area contributed by atoms with Gasteiger partial charge < -0.3 is 4.98 Å². The molecule has 0 saturated carbocycles. The highest BCUT2D eigenvalue weighted by molar-refractivity contribution is 6.35. The number of para-hydroxylation sites is 1. The molecule has 0 bridgehead atoms. The second kappa shape index (κ2) is 5.34. The number of carbonyl (C=O) groups is 1. The van der Waals surface area contributed by atoms with Crippen molar-refractivity contribution in [2.24, 2.45) is 0 Å². The lowest BCUT2D eigenvalue weighted by molar-refractivity contribution is 0.104. The normalized spacial score (nSPS) is 11.0. The molecule has 0 spiro atoms. The summed E-state index contributed by atoms with van der Waals surface area (Å²) in [5, 5.41) is 0.987. The predicted octanol–water partition coefficient (Wildman–Crippen LogP) is 4.75. The third kappa shape index (κ3) is 2.34. The van der Waals surface area contributed by atoms with Gasteiger partial charge in [0.25, 0.3) is 0 Å². The second-order valence-corrected chi connectivity index (χ2v) is 5.26. The van der Waals surface area contributed by atoms with Crippen LogP contribution in [0.25, 0.3) is 10.9 Å². The number of ketones is 1. The molecule has 0 fully saturated rings. The number of fused-ring (bicyclic) bond motifs is 1. The van der Waals surface area contributed by atoms with Crippen molar-refractivity contribution in [3.8, 4) is 0 Å². The molecular weight excluding hydrogens is 289 g/mol. The molecule has 3 rings (SSSR count). The van der Waals surface area contributed by atoms with Gasteiger partial charge in [-0.25, -0.2) is 4.39 Å². The van der Waals surface area contributed by atoms with Crippen molar-refractivity contribution in [2.45, 2.75) is 13.3 Å². The summed E-state index contributed by atoms with van der Waals surface area (Å²) >= 11 is 5.98. The number of hydrogen-bond acceptors (Lipinski definition) is 1. The fraction of sp³-hybridized carbons (Fsp3) is 0.118. The van der Waals surface area contributed by atoms with Crippen LogP contribution in [0.2, 0.25) is 5.02 Å². The molecule has 0 aliphatic rings. The SMILES string of the molecule is CCc1cccc2c(C(=O)c3ccc(F)cc3Cl)c[nH]c12. The molecule has 2 aromatic carbocycles. The zero-order valence-electron chi connectivity index (χ0n) is 11.4. The number of rotatable bonds is 3. The minimum atomic E-state index is -0.455. The van der Waals surface area contributed by atoms with Gasteiger partial charge in [0.15, 0.2) is 5.78 Å². The monoisotopic (exact) mass is 301 g/mol. The maximum atomic E-state index is 13.1. The molecule has 0 saturated heterocycles. The Hall–Kier alpha value is -2.13. The standard InChI is InChI=1S/C17H13ClFNO/c1-2-10-4-3-5-12-14(9-20-16(10)12)17(21)13-7-6-11(19)8-15(13)18/h3-9,20H,2H2,1H3. The van der Waals surface area contributed by atoms with E-state index in [1.54, 1.807) is 6.20 Å². The molecule has 0 amide bonds. The average Bonchev–Trinajstić information content (AvgIpc) is 2.90. The van der Waals surface area contributed by atoms with Gasteiger partial charge >= 0.3 is 0 Å². The van der Waals surface area contributed by atoms with Crippen molar-refractivity contribution >= 4 is 28.3 Å². The number of hydrogen-bond donors (Lipinski definition) is 1. The van der Waals surface area contributed by atoms with Gasteiger partial charge in [-0.2, -0.15) is 0 Å². The first-order valence-corrected chi connectivity index (χ1v) is 7.08. The van der Waals surface area contributed by atoms with Crippen molar-refractivity contribution in [3.63, 3.8) is 0 Å². The molecule has 21 heavy (non-hydrogen) atoms. The summed E-state index contributed by atoms with van der Waals surface area (Å²) in [6.45, 7) is 2.06. The number of aromatic amines is 1. The molecule has 2 nitrogen and oxygen atoms in total. The van der Waals surface area contributed by atoms with Crippen LogP contribution in [0.3, 0.4) is 0 Å². The van der Waals surface area contributed by atoms with Crippen LogP contribution in [0.1, 0.15) is 28.4 Å². The second-order valence-electron chi connectivity index (χ2n) is 4.85. The minimum absolute atomic E-state index is 0.126. The highest BCUT2D eigenvalue weighted by Crippen LogP contribution is 2.27. The molecule has 0 aliphatic carbocycles. The Bertz CT molecular complexity index is 838. The number of H-pyrrole nitrogens is 1. The van der Waals surface area contributed by atoms with Gasteiger partial charge in [0.2, 0.25) is 0 Å². The fourth-order valence-electron chi connectivity index (χ4n) is 2.52. The Kier molecular flexibility index (Phi) is 3.52. The molecule has 1 aromatic heterocycles. The Morgan fingerprint density at radius 2 is 2.05 bits per heavy atom. The molecule has 3 aromatic rings. The van der Waals surface area contributed by atoms with Crippen molar-refractivity contribution in [1.82, 2.24) is 4.98 Å². The lowest BCUT2D eigenvalue weighted by Crippen LogP contribution is -2.01. The van der Waals surface area contributed by atoms with E-state index in [1.807, 2.05) is 18.2 Å². The summed E-state index contributed by atoms with van der Waals surface area (Å²) in [6, 6.07) is 9.67. The summed E-state index contributed by atoms with van der Waals surface area (Å²) in [5.41, 5.74) is 2.97. The van der Waals surface area contributed by atoms with Crippen LogP contribution >= 0.6 is 11.6 Å². The first-order valence-electron chi connectivity index (χ1n) is 6.70. The van der Waals surface area contributed by atoms with Gasteiger partial charge in [-0.05, 0) is 30.2 Å². The van der Waals surface area contributed by atoms with E-state index in [0.29, 0.717) is 11.1 Å². The van der Waals surface area contributed by atoms with Crippen LogP contribution in [0.5, 0.6) is 0 Å². The molecule has 4 heteroatoms. The van der Waals surface area contributed by atoms with Gasteiger partial charge in [-0.3, -0.25) is 4.79 Å². The quantitative estimate of drug-likeness (QED) is 0.695. The molecule has 1 N–H and O–H groups in total. The predicted molar refractivity (Wildman–Crippen MR) is 82.5 cm³/mol. The van der Waals surface area contributed by atoms with E-state index in [0.717, 1.165) is 29.0 Å². The molecule has 0 aliphatic heterocycles. The van der Waals surface area contributed by atoms with E-state index in [1.165, 1.54) is 12.1 Å². The minimum Gasteiger partial charge on any atom is -0.360 e. The van der Waals surface area contributed by atoms with Crippen LogP contribution in [0.4, 0.5) is 4.39 Å². The van der Waals surface area contributed by atoms with Crippen molar-refractivity contribution in [2.75, 3.05) is 0 Å². The average molecular weight is 302 g/mol. The number of aromatic nitrogens is 1. The third-order valence-electron chi connectivity index (χ3n) is 3.60. The van der Waals surface area contributed by atoms with Crippen molar-refractivity contribution < 1.29 is 9.18 Å². The summed E-state index contributed by atoms with van der Waals surface area (Å²) in [4.78, 5) is 15.8. The number of nitrogens with one attached hydrogen (secondary N) is 1. The van der Waals surface area contributed by atoms with Crippen LogP contribution in [0.15, 0.2) is 42.6 Å². The van der Waals surface area contributed by atoms with E-state index in [9.17, 15) is 9.18 Å². The third-order valence-corrected chi connectivity index (χ3v) is 3.92. The summed E-state index contributed by atoms with van der Waals surface area (Å²) in [7, 11) is 0. The van der Waals surface area contributed by atoms with Gasteiger partial charge in [0.1, 0.15) is 5.82 Å². The van der Waals surface area contributed by atoms with E-state index >= 15 is 0 Å². The largest absolute Gasteiger partial charge is 0.360 e. The molecule has 106 valence electrons. The van der Waals surface area contributed by atoms with E-state index in [2.05, 4.69) is 11.9 Å². The molecule has 0 unspecified atom stereocenters. The van der Waals surface area contributed by atoms with Crippen molar-refractivity contribution in [3.05, 3.63) is 70.1 Å². The van der Waals surface area contributed by atoms with Crippen LogP contribution in [-0.4, -0.2) is 10.8 Å². The topological polar surface area (TPSA) is 32.9 Å². The van der Waals surface area contributed by atoms with Gasteiger partial charge in [-0.1, -0.05) is 36.7 Å². The smallest absolute Gasteiger partial charge is 0.196 e. The van der Waals surface area contributed by atoms with Gasteiger partial charge in [-0.15, -0.1) is 0 Å². The summed E-state index contributed by atoms with van der Waals surface area (Å²) in [5.74, 6) is -0.664. The number of benzene rings is 2. The molecular formula is C17H13ClFNO. The lowest BCUT2D eigenvalue weighted by Gasteiger charge is -2.04. The van der Waals surface area contributed by atoms with Gasteiger partial charge in [0.05, 0.1) is 5.02 Å². The maximum absolute atomic E-state index is 13.1. The first-order chi connectivity index (χ1) is 10.1. The highest BCUT2D eigenvalue weighted by atomic mass is 35.5. The Morgan fingerprint density at radius 3 is 2.76 bits per heavy atom. The van der Waals surface area contributed by atoms with Crippen LogP contribution in [-0.2, 0) is 6.42 Å². The Balaban J connectivity index is 2.14. The van der Waals surface area contributed by atoms with E-state index in [-0.39, 0.29) is 10.8 Å². The Morgan fingerprint density at radius 1 is 1.24 bits per heavy atom. The van der Waals surface area contributed by atoms with Gasteiger partial charge in [0, 0.05) is 28.2 Å². The molecule has 1 heterocycles. The van der Waals surface area contributed by atoms with Crippen LogP contribution < -0.4 is 0 Å². The van der Waals surface area contributed by atoms with E-state index < -0.39 is 5.82 Å². The number of carbonyl (C=O) groups excluding carboxylic acids is 1. The van der Waals surface area contributed by atoms with E-state index in [4.69, 9.17) is 11.6 Å². The summed E-state index contributed by atoms with van der Waals surface area (Å²) < 4.78 is 13.1. The maximum Gasteiger partial charge on any atom is 0.196 e. The highest BCUT2D eigenvalue weighted by Gasteiger charge is 2.18. The number of aryl methyl sites for hydroxylation is 1. The lowest BCUT2D eigenvalue weighted by atomic mass is 10.0. The van der Waals surface area contributed by atoms with Crippen molar-refractivity contribution in [1.29, 1.82) is 0 Å². The first kappa shape index (κ1) is 13.8.